The van der Waals surface area contributed by atoms with Crippen molar-refractivity contribution in [2.75, 3.05) is 13.2 Å². The lowest BCUT2D eigenvalue weighted by Crippen LogP contribution is -2.24. The van der Waals surface area contributed by atoms with Crippen molar-refractivity contribution >= 4 is 0 Å². The first-order chi connectivity index (χ1) is 10.3. The predicted octanol–water partition coefficient (Wildman–Crippen LogP) is 2.52. The molecule has 0 unspecified atom stereocenters. The number of aliphatic hydroxyl groups is 1. The Kier molecular flexibility index (Phi) is 5.83. The molecule has 0 fully saturated rings. The molecule has 1 atom stereocenters. The van der Waals surface area contributed by atoms with Crippen LogP contribution in [0.15, 0.2) is 54.6 Å². The predicted molar refractivity (Wildman–Crippen MR) is 83.9 cm³/mol. The average Bonchev–Trinajstić information content (AvgIpc) is 2.55. The molecule has 2 N–H and O–H groups in total. The standard InChI is InChI=1S/C18H19NO2/c1-2-12-21-18-11-7-6-10-16(18)13-19-17(14-20)15-8-4-3-5-9-15/h1,3-11,17,19-20H,12-14H2/t17-/m0/s1. The van der Waals surface area contributed by atoms with Crippen LogP contribution < -0.4 is 10.1 Å². The molecule has 0 heterocycles. The van der Waals surface area contributed by atoms with E-state index in [9.17, 15) is 5.11 Å². The van der Waals surface area contributed by atoms with Gasteiger partial charge in [-0.25, -0.2) is 0 Å². The van der Waals surface area contributed by atoms with E-state index >= 15 is 0 Å². The number of benzene rings is 2. The Labute approximate surface area is 125 Å². The normalized spacial score (nSPS) is 11.6. The summed E-state index contributed by atoms with van der Waals surface area (Å²) in [6.07, 6.45) is 5.22. The van der Waals surface area contributed by atoms with E-state index in [0.29, 0.717) is 6.54 Å². The lowest BCUT2D eigenvalue weighted by Gasteiger charge is -2.18. The molecule has 3 heteroatoms. The van der Waals surface area contributed by atoms with E-state index in [1.54, 1.807) is 0 Å². The van der Waals surface area contributed by atoms with Crippen LogP contribution in [0.1, 0.15) is 17.2 Å². The molecule has 21 heavy (non-hydrogen) atoms. The Morgan fingerprint density at radius 1 is 1.10 bits per heavy atom. The molecule has 0 aliphatic rings. The quantitative estimate of drug-likeness (QED) is 0.766. The van der Waals surface area contributed by atoms with Crippen molar-refractivity contribution in [1.29, 1.82) is 0 Å². The van der Waals surface area contributed by atoms with Crippen LogP contribution >= 0.6 is 0 Å². The highest BCUT2D eigenvalue weighted by Crippen LogP contribution is 2.19. The highest BCUT2D eigenvalue weighted by Gasteiger charge is 2.10. The summed E-state index contributed by atoms with van der Waals surface area (Å²) in [7, 11) is 0. The lowest BCUT2D eigenvalue weighted by atomic mass is 10.1. The van der Waals surface area contributed by atoms with Gasteiger partial charge in [0.15, 0.2) is 0 Å². The van der Waals surface area contributed by atoms with E-state index in [1.807, 2.05) is 54.6 Å². The Morgan fingerprint density at radius 3 is 2.52 bits per heavy atom. The van der Waals surface area contributed by atoms with Gasteiger partial charge in [0, 0.05) is 12.1 Å². The molecule has 0 saturated carbocycles. The van der Waals surface area contributed by atoms with Crippen molar-refractivity contribution in [2.24, 2.45) is 0 Å². The second-order valence-electron chi connectivity index (χ2n) is 4.63. The summed E-state index contributed by atoms with van der Waals surface area (Å²) >= 11 is 0. The maximum Gasteiger partial charge on any atom is 0.148 e. The maximum absolute atomic E-state index is 9.55. The highest BCUT2D eigenvalue weighted by molar-refractivity contribution is 5.33. The number of nitrogens with one attached hydrogen (secondary N) is 1. The summed E-state index contributed by atoms with van der Waals surface area (Å²) in [5.74, 6) is 3.23. The first kappa shape index (κ1) is 15.1. The Morgan fingerprint density at radius 2 is 1.81 bits per heavy atom. The molecular weight excluding hydrogens is 262 g/mol. The molecular formula is C18H19NO2. The van der Waals surface area contributed by atoms with E-state index in [0.717, 1.165) is 16.9 Å². The second-order valence-corrected chi connectivity index (χ2v) is 4.63. The number of aliphatic hydroxyl groups excluding tert-OH is 1. The van der Waals surface area contributed by atoms with Crippen LogP contribution in [-0.2, 0) is 6.54 Å². The second kappa shape index (κ2) is 8.11. The minimum Gasteiger partial charge on any atom is -0.481 e. The summed E-state index contributed by atoms with van der Waals surface area (Å²) in [5, 5.41) is 12.9. The zero-order valence-corrected chi connectivity index (χ0v) is 11.8. The van der Waals surface area contributed by atoms with E-state index in [2.05, 4.69) is 11.2 Å². The van der Waals surface area contributed by atoms with Gasteiger partial charge in [0.1, 0.15) is 12.4 Å². The molecule has 0 bridgehead atoms. The molecule has 2 aromatic rings. The van der Waals surface area contributed by atoms with Gasteiger partial charge in [-0.2, -0.15) is 0 Å². The molecule has 0 spiro atoms. The van der Waals surface area contributed by atoms with Gasteiger partial charge in [0.2, 0.25) is 0 Å². The van der Waals surface area contributed by atoms with Crippen molar-refractivity contribution < 1.29 is 9.84 Å². The minimum absolute atomic E-state index is 0.0391. The van der Waals surface area contributed by atoms with Crippen LogP contribution in [0.25, 0.3) is 0 Å². The van der Waals surface area contributed by atoms with Gasteiger partial charge in [0.05, 0.1) is 12.6 Å². The van der Waals surface area contributed by atoms with Crippen molar-refractivity contribution in [3.8, 4) is 18.1 Å². The third-order valence-electron chi connectivity index (χ3n) is 3.21. The largest absolute Gasteiger partial charge is 0.481 e. The molecule has 2 rings (SSSR count). The Bertz CT molecular complexity index is 590. The molecule has 0 saturated heterocycles. The molecule has 0 radical (unpaired) electrons. The third kappa shape index (κ3) is 4.35. The van der Waals surface area contributed by atoms with Crippen molar-refractivity contribution in [3.05, 3.63) is 65.7 Å². The monoisotopic (exact) mass is 281 g/mol. The Hall–Kier alpha value is -2.28. The zero-order chi connectivity index (χ0) is 14.9. The number of para-hydroxylation sites is 1. The smallest absolute Gasteiger partial charge is 0.148 e. The van der Waals surface area contributed by atoms with Gasteiger partial charge in [-0.05, 0) is 11.6 Å². The number of hydrogen-bond donors (Lipinski definition) is 2. The van der Waals surface area contributed by atoms with Crippen LogP contribution in [0.3, 0.4) is 0 Å². The van der Waals surface area contributed by atoms with Gasteiger partial charge < -0.3 is 15.2 Å². The van der Waals surface area contributed by atoms with E-state index in [-0.39, 0.29) is 19.3 Å². The summed E-state index contributed by atoms with van der Waals surface area (Å²) in [6.45, 7) is 0.886. The van der Waals surface area contributed by atoms with Crippen LogP contribution in [0.4, 0.5) is 0 Å². The molecule has 3 nitrogen and oxygen atoms in total. The van der Waals surface area contributed by atoms with Gasteiger partial charge in [0.25, 0.3) is 0 Å². The van der Waals surface area contributed by atoms with Crippen LogP contribution in [0.5, 0.6) is 5.75 Å². The molecule has 108 valence electrons. The van der Waals surface area contributed by atoms with E-state index in [1.165, 1.54) is 0 Å². The van der Waals surface area contributed by atoms with E-state index < -0.39 is 0 Å². The Balaban J connectivity index is 2.03. The first-order valence-electron chi connectivity index (χ1n) is 6.88. The van der Waals surface area contributed by atoms with Crippen molar-refractivity contribution in [2.45, 2.75) is 12.6 Å². The average molecular weight is 281 g/mol. The maximum atomic E-state index is 9.55. The molecule has 0 amide bonds. The van der Waals surface area contributed by atoms with Gasteiger partial charge in [-0.1, -0.05) is 54.5 Å². The third-order valence-corrected chi connectivity index (χ3v) is 3.21. The lowest BCUT2D eigenvalue weighted by molar-refractivity contribution is 0.243. The summed E-state index contributed by atoms with van der Waals surface area (Å²) in [4.78, 5) is 0. The molecule has 0 aliphatic carbocycles. The fourth-order valence-corrected chi connectivity index (χ4v) is 2.12. The van der Waals surface area contributed by atoms with Crippen LogP contribution in [0.2, 0.25) is 0 Å². The number of terminal acetylenes is 1. The van der Waals surface area contributed by atoms with E-state index in [4.69, 9.17) is 11.2 Å². The fourth-order valence-electron chi connectivity index (χ4n) is 2.12. The summed E-state index contributed by atoms with van der Waals surface area (Å²) in [5.41, 5.74) is 2.07. The highest BCUT2D eigenvalue weighted by atomic mass is 16.5. The zero-order valence-electron chi connectivity index (χ0n) is 11.8. The molecule has 0 aliphatic heterocycles. The first-order valence-corrected chi connectivity index (χ1v) is 6.88. The van der Waals surface area contributed by atoms with Crippen molar-refractivity contribution in [3.63, 3.8) is 0 Å². The molecule has 2 aromatic carbocycles. The van der Waals surface area contributed by atoms with Gasteiger partial charge >= 0.3 is 0 Å². The van der Waals surface area contributed by atoms with Crippen molar-refractivity contribution in [1.82, 2.24) is 5.32 Å². The summed E-state index contributed by atoms with van der Waals surface area (Å²) in [6, 6.07) is 17.5. The number of rotatable bonds is 7. The van der Waals surface area contributed by atoms with Crippen LogP contribution in [-0.4, -0.2) is 18.3 Å². The SMILES string of the molecule is C#CCOc1ccccc1CN[C@@H](CO)c1ccccc1. The molecule has 0 aromatic heterocycles. The fraction of sp³-hybridized carbons (Fsp3) is 0.222. The van der Waals surface area contributed by atoms with Crippen LogP contribution in [0, 0.1) is 12.3 Å². The van der Waals surface area contributed by atoms with Gasteiger partial charge in [-0.15, -0.1) is 6.42 Å². The number of hydrogen-bond acceptors (Lipinski definition) is 3. The topological polar surface area (TPSA) is 41.5 Å². The minimum atomic E-state index is -0.105. The summed E-state index contributed by atoms with van der Waals surface area (Å²) < 4.78 is 5.52. The number of ether oxygens (including phenoxy) is 1. The van der Waals surface area contributed by atoms with Gasteiger partial charge in [-0.3, -0.25) is 0 Å².